The van der Waals surface area contributed by atoms with Gasteiger partial charge in [-0.25, -0.2) is 4.98 Å². The van der Waals surface area contributed by atoms with Gasteiger partial charge in [-0.05, 0) is 44.8 Å². The van der Waals surface area contributed by atoms with E-state index in [1.807, 2.05) is 19.1 Å². The number of hydrogen-bond acceptors (Lipinski definition) is 3. The average Bonchev–Trinajstić information content (AvgIpc) is 2.29. The zero-order valence-electron chi connectivity index (χ0n) is 9.20. The molecule has 0 amide bonds. The Hall–Kier alpha value is -1.09. The summed E-state index contributed by atoms with van der Waals surface area (Å²) in [6, 6.07) is 3.97. The van der Waals surface area contributed by atoms with E-state index in [9.17, 15) is 0 Å². The number of rotatable bonds is 3. The fourth-order valence-corrected chi connectivity index (χ4v) is 1.87. The highest BCUT2D eigenvalue weighted by atomic mass is 16.5. The molecule has 0 saturated carbocycles. The quantitative estimate of drug-likeness (QED) is 0.818. The summed E-state index contributed by atoms with van der Waals surface area (Å²) in [5.41, 5.74) is 1.12. The van der Waals surface area contributed by atoms with E-state index >= 15 is 0 Å². The van der Waals surface area contributed by atoms with Crippen LogP contribution in [-0.2, 0) is 0 Å². The molecule has 15 heavy (non-hydrogen) atoms. The maximum atomic E-state index is 5.74. The van der Waals surface area contributed by atoms with Crippen LogP contribution < -0.4 is 10.1 Å². The maximum absolute atomic E-state index is 5.74. The van der Waals surface area contributed by atoms with E-state index in [1.54, 1.807) is 6.20 Å². The van der Waals surface area contributed by atoms with E-state index in [0.717, 1.165) is 31.1 Å². The summed E-state index contributed by atoms with van der Waals surface area (Å²) in [4.78, 5) is 4.22. The third-order valence-electron chi connectivity index (χ3n) is 2.88. The van der Waals surface area contributed by atoms with Gasteiger partial charge in [0.1, 0.15) is 0 Å². The molecular weight excluding hydrogens is 188 g/mol. The number of piperidine rings is 1. The molecule has 0 unspecified atom stereocenters. The minimum absolute atomic E-state index is 0.688. The number of aryl methyl sites for hydroxylation is 1. The second-order valence-corrected chi connectivity index (χ2v) is 4.13. The van der Waals surface area contributed by atoms with Gasteiger partial charge < -0.3 is 10.1 Å². The number of hydrogen-bond donors (Lipinski definition) is 1. The van der Waals surface area contributed by atoms with Crippen LogP contribution in [-0.4, -0.2) is 24.7 Å². The molecule has 1 aliphatic heterocycles. The molecule has 1 fully saturated rings. The number of ether oxygens (including phenoxy) is 1. The Labute approximate surface area is 90.9 Å². The molecule has 2 heterocycles. The second kappa shape index (κ2) is 5.12. The number of pyridine rings is 1. The summed E-state index contributed by atoms with van der Waals surface area (Å²) in [5, 5.41) is 3.35. The first-order valence-corrected chi connectivity index (χ1v) is 5.61. The van der Waals surface area contributed by atoms with Gasteiger partial charge in [0.15, 0.2) is 0 Å². The van der Waals surface area contributed by atoms with Gasteiger partial charge >= 0.3 is 0 Å². The topological polar surface area (TPSA) is 34.1 Å². The third kappa shape index (κ3) is 2.93. The Morgan fingerprint density at radius 2 is 2.27 bits per heavy atom. The van der Waals surface area contributed by atoms with Crippen molar-refractivity contribution >= 4 is 0 Å². The van der Waals surface area contributed by atoms with Crippen molar-refractivity contribution in [1.82, 2.24) is 10.3 Å². The van der Waals surface area contributed by atoms with Crippen LogP contribution in [0.1, 0.15) is 18.4 Å². The zero-order valence-corrected chi connectivity index (χ0v) is 9.20. The summed E-state index contributed by atoms with van der Waals surface area (Å²) in [5.74, 6) is 1.48. The van der Waals surface area contributed by atoms with E-state index in [2.05, 4.69) is 10.3 Å². The van der Waals surface area contributed by atoms with Crippen molar-refractivity contribution in [2.75, 3.05) is 19.7 Å². The minimum atomic E-state index is 0.688. The molecule has 1 aromatic rings. The van der Waals surface area contributed by atoms with Crippen molar-refractivity contribution < 1.29 is 4.74 Å². The summed E-state index contributed by atoms with van der Waals surface area (Å²) >= 11 is 0. The first-order valence-electron chi connectivity index (χ1n) is 5.61. The summed E-state index contributed by atoms with van der Waals surface area (Å²) in [6.45, 7) is 5.08. The molecule has 1 saturated heterocycles. The monoisotopic (exact) mass is 206 g/mol. The molecule has 0 aliphatic carbocycles. The summed E-state index contributed by atoms with van der Waals surface area (Å²) in [7, 11) is 0. The Balaban J connectivity index is 1.84. The Kier molecular flexibility index (Phi) is 3.56. The molecule has 82 valence electrons. The molecule has 1 aromatic heterocycles. The number of aromatic nitrogens is 1. The Morgan fingerprint density at radius 1 is 1.47 bits per heavy atom. The highest BCUT2D eigenvalue weighted by Gasteiger charge is 2.14. The first-order chi connectivity index (χ1) is 7.36. The van der Waals surface area contributed by atoms with Gasteiger partial charge in [0.05, 0.1) is 6.61 Å². The van der Waals surface area contributed by atoms with Gasteiger partial charge in [-0.1, -0.05) is 6.07 Å². The highest BCUT2D eigenvalue weighted by molar-refractivity contribution is 5.23. The van der Waals surface area contributed by atoms with Gasteiger partial charge in [-0.15, -0.1) is 0 Å². The zero-order chi connectivity index (χ0) is 10.5. The Morgan fingerprint density at radius 3 is 3.00 bits per heavy atom. The van der Waals surface area contributed by atoms with Crippen molar-refractivity contribution in [2.45, 2.75) is 19.8 Å². The van der Waals surface area contributed by atoms with Crippen molar-refractivity contribution in [1.29, 1.82) is 0 Å². The van der Waals surface area contributed by atoms with Crippen molar-refractivity contribution in [3.63, 3.8) is 0 Å². The van der Waals surface area contributed by atoms with Crippen LogP contribution in [0.25, 0.3) is 0 Å². The fourth-order valence-electron chi connectivity index (χ4n) is 1.87. The van der Waals surface area contributed by atoms with E-state index in [-0.39, 0.29) is 0 Å². The summed E-state index contributed by atoms with van der Waals surface area (Å²) < 4.78 is 5.74. The fraction of sp³-hybridized carbons (Fsp3) is 0.583. The minimum Gasteiger partial charge on any atom is -0.477 e. The molecule has 0 aromatic carbocycles. The van der Waals surface area contributed by atoms with Gasteiger partial charge in [-0.2, -0.15) is 0 Å². The van der Waals surface area contributed by atoms with Crippen molar-refractivity contribution in [3.05, 3.63) is 23.9 Å². The van der Waals surface area contributed by atoms with Crippen LogP contribution in [0.4, 0.5) is 0 Å². The van der Waals surface area contributed by atoms with Crippen LogP contribution in [0, 0.1) is 12.8 Å². The van der Waals surface area contributed by atoms with Gasteiger partial charge in [0.2, 0.25) is 5.88 Å². The molecule has 0 radical (unpaired) electrons. The lowest BCUT2D eigenvalue weighted by atomic mass is 9.99. The van der Waals surface area contributed by atoms with Gasteiger partial charge in [-0.3, -0.25) is 0 Å². The lowest BCUT2D eigenvalue weighted by Crippen LogP contribution is -2.30. The van der Waals surface area contributed by atoms with Crippen LogP contribution in [0.3, 0.4) is 0 Å². The molecule has 0 spiro atoms. The predicted molar refractivity (Wildman–Crippen MR) is 60.1 cm³/mol. The molecule has 0 bridgehead atoms. The SMILES string of the molecule is Cc1cccnc1OCC1CCNCC1. The van der Waals surface area contributed by atoms with Crippen LogP contribution in [0.2, 0.25) is 0 Å². The molecule has 3 heteroatoms. The van der Waals surface area contributed by atoms with Crippen LogP contribution >= 0.6 is 0 Å². The van der Waals surface area contributed by atoms with Crippen molar-refractivity contribution in [2.24, 2.45) is 5.92 Å². The standard InChI is InChI=1S/C12H18N2O/c1-10-3-2-6-14-12(10)15-9-11-4-7-13-8-5-11/h2-3,6,11,13H,4-5,7-9H2,1H3. The number of nitrogens with zero attached hydrogens (tertiary/aromatic N) is 1. The van der Waals surface area contributed by atoms with E-state index < -0.39 is 0 Å². The molecule has 2 rings (SSSR count). The van der Waals surface area contributed by atoms with Gasteiger partial charge in [0, 0.05) is 11.8 Å². The maximum Gasteiger partial charge on any atom is 0.216 e. The third-order valence-corrected chi connectivity index (χ3v) is 2.88. The van der Waals surface area contributed by atoms with E-state index in [4.69, 9.17) is 4.74 Å². The van der Waals surface area contributed by atoms with E-state index in [1.165, 1.54) is 12.8 Å². The highest BCUT2D eigenvalue weighted by Crippen LogP contribution is 2.16. The molecule has 1 N–H and O–H groups in total. The molecule has 3 nitrogen and oxygen atoms in total. The van der Waals surface area contributed by atoms with Crippen LogP contribution in [0.15, 0.2) is 18.3 Å². The second-order valence-electron chi connectivity index (χ2n) is 4.13. The number of nitrogens with one attached hydrogen (secondary N) is 1. The molecular formula is C12H18N2O. The van der Waals surface area contributed by atoms with Gasteiger partial charge in [0.25, 0.3) is 0 Å². The first kappa shape index (κ1) is 10.4. The molecule has 1 aliphatic rings. The van der Waals surface area contributed by atoms with E-state index in [0.29, 0.717) is 5.92 Å². The largest absolute Gasteiger partial charge is 0.477 e. The summed E-state index contributed by atoms with van der Waals surface area (Å²) in [6.07, 6.45) is 4.21. The van der Waals surface area contributed by atoms with Crippen molar-refractivity contribution in [3.8, 4) is 5.88 Å². The normalized spacial score (nSPS) is 17.7. The predicted octanol–water partition coefficient (Wildman–Crippen LogP) is 1.77. The lowest BCUT2D eigenvalue weighted by Gasteiger charge is -2.22. The molecule has 0 atom stereocenters. The smallest absolute Gasteiger partial charge is 0.216 e. The Bertz CT molecular complexity index is 308. The van der Waals surface area contributed by atoms with Crippen LogP contribution in [0.5, 0.6) is 5.88 Å². The lowest BCUT2D eigenvalue weighted by molar-refractivity contribution is 0.208. The average molecular weight is 206 g/mol.